The highest BCUT2D eigenvalue weighted by Crippen LogP contribution is 2.38. The van der Waals surface area contributed by atoms with Crippen LogP contribution in [0.3, 0.4) is 0 Å². The van der Waals surface area contributed by atoms with Crippen LogP contribution in [0.15, 0.2) is 23.8 Å². The van der Waals surface area contributed by atoms with Gasteiger partial charge in [0.2, 0.25) is 0 Å². The van der Waals surface area contributed by atoms with Crippen LogP contribution in [0.2, 0.25) is 0 Å². The van der Waals surface area contributed by atoms with Crippen LogP contribution in [0.25, 0.3) is 6.08 Å². The summed E-state index contributed by atoms with van der Waals surface area (Å²) in [5, 5.41) is 0. The van der Waals surface area contributed by atoms with Gasteiger partial charge >= 0.3 is 7.12 Å². The van der Waals surface area contributed by atoms with Gasteiger partial charge < -0.3 is 20.8 Å². The van der Waals surface area contributed by atoms with Gasteiger partial charge in [0.25, 0.3) is 0 Å². The quantitative estimate of drug-likeness (QED) is 0.819. The van der Waals surface area contributed by atoms with Crippen molar-refractivity contribution in [3.63, 3.8) is 0 Å². The molecule has 2 heterocycles. The van der Waals surface area contributed by atoms with Crippen molar-refractivity contribution < 1.29 is 9.31 Å². The molecule has 1 aromatic heterocycles. The van der Waals surface area contributed by atoms with Crippen molar-refractivity contribution in [2.45, 2.75) is 38.9 Å². The first-order chi connectivity index (χ1) is 9.25. The summed E-state index contributed by atoms with van der Waals surface area (Å²) in [5.41, 5.74) is 13.1. The van der Waals surface area contributed by atoms with Crippen LogP contribution in [-0.4, -0.2) is 29.8 Å². The molecule has 0 saturated carbocycles. The maximum atomic E-state index is 5.99. The van der Waals surface area contributed by atoms with Gasteiger partial charge in [-0.2, -0.15) is 0 Å². The zero-order valence-electron chi connectivity index (χ0n) is 12.5. The standard InChI is InChI=1S/C14H22BN3O2/c1-13(2)14(3,4)20-15(19-13)10(9-16)7-12-8-11(17)5-6-18-12/h5-8H,9,16H2,1-4H3,(H2,17,18). The highest BCUT2D eigenvalue weighted by atomic mass is 16.7. The van der Waals surface area contributed by atoms with Crippen molar-refractivity contribution in [1.82, 2.24) is 4.98 Å². The van der Waals surface area contributed by atoms with Crippen LogP contribution < -0.4 is 11.5 Å². The van der Waals surface area contributed by atoms with E-state index >= 15 is 0 Å². The first-order valence-corrected chi connectivity index (χ1v) is 6.73. The van der Waals surface area contributed by atoms with E-state index in [1.54, 1.807) is 18.3 Å². The Balaban J connectivity index is 2.26. The van der Waals surface area contributed by atoms with Crippen molar-refractivity contribution in [3.8, 4) is 0 Å². The van der Waals surface area contributed by atoms with E-state index in [1.807, 2.05) is 33.8 Å². The number of hydrogen-bond acceptors (Lipinski definition) is 5. The molecule has 4 N–H and O–H groups in total. The molecule has 0 aromatic carbocycles. The number of nitrogens with two attached hydrogens (primary N) is 2. The molecule has 0 atom stereocenters. The summed E-state index contributed by atoms with van der Waals surface area (Å²) >= 11 is 0. The summed E-state index contributed by atoms with van der Waals surface area (Å²) < 4.78 is 12.0. The average molecular weight is 275 g/mol. The van der Waals surface area contributed by atoms with Crippen molar-refractivity contribution >= 4 is 18.9 Å². The maximum Gasteiger partial charge on any atom is 0.491 e. The van der Waals surface area contributed by atoms with Gasteiger partial charge in [-0.05, 0) is 51.4 Å². The van der Waals surface area contributed by atoms with Gasteiger partial charge in [0.15, 0.2) is 0 Å². The summed E-state index contributed by atoms with van der Waals surface area (Å²) in [6, 6.07) is 3.54. The average Bonchev–Trinajstić information content (AvgIpc) is 2.55. The third kappa shape index (κ3) is 2.87. The van der Waals surface area contributed by atoms with E-state index in [2.05, 4.69) is 4.98 Å². The molecule has 1 fully saturated rings. The minimum Gasteiger partial charge on any atom is -0.400 e. The van der Waals surface area contributed by atoms with Crippen molar-refractivity contribution in [2.75, 3.05) is 12.3 Å². The monoisotopic (exact) mass is 275 g/mol. The molecule has 0 bridgehead atoms. The number of rotatable bonds is 3. The van der Waals surface area contributed by atoms with E-state index in [0.29, 0.717) is 12.2 Å². The van der Waals surface area contributed by atoms with Crippen LogP contribution in [0.1, 0.15) is 33.4 Å². The van der Waals surface area contributed by atoms with Gasteiger partial charge in [-0.1, -0.05) is 0 Å². The Morgan fingerprint density at radius 2 is 1.90 bits per heavy atom. The molecule has 2 rings (SSSR count). The number of anilines is 1. The second-order valence-electron chi connectivity index (χ2n) is 6.03. The Kier molecular flexibility index (Phi) is 3.91. The molecular formula is C14H22BN3O2. The molecule has 1 aliphatic heterocycles. The predicted octanol–water partition coefficient (Wildman–Crippen LogP) is 1.64. The van der Waals surface area contributed by atoms with E-state index in [1.165, 1.54) is 0 Å². The molecule has 0 aliphatic carbocycles. The number of nitrogen functional groups attached to an aromatic ring is 1. The number of pyridine rings is 1. The first-order valence-electron chi connectivity index (χ1n) is 6.73. The van der Waals surface area contributed by atoms with E-state index in [-0.39, 0.29) is 11.2 Å². The summed E-state index contributed by atoms with van der Waals surface area (Å²) in [6.45, 7) is 8.40. The van der Waals surface area contributed by atoms with Crippen LogP contribution in [0.4, 0.5) is 5.69 Å². The lowest BCUT2D eigenvalue weighted by Crippen LogP contribution is -2.41. The lowest BCUT2D eigenvalue weighted by molar-refractivity contribution is 0.00578. The minimum atomic E-state index is -0.451. The summed E-state index contributed by atoms with van der Waals surface area (Å²) in [7, 11) is -0.451. The predicted molar refractivity (Wildman–Crippen MR) is 81.8 cm³/mol. The molecule has 1 aromatic rings. The number of aromatic nitrogens is 1. The molecule has 0 unspecified atom stereocenters. The lowest BCUT2D eigenvalue weighted by atomic mass is 9.77. The van der Waals surface area contributed by atoms with Gasteiger partial charge in [0.05, 0.1) is 16.9 Å². The number of hydrogen-bond donors (Lipinski definition) is 2. The van der Waals surface area contributed by atoms with Crippen molar-refractivity contribution in [3.05, 3.63) is 29.5 Å². The Morgan fingerprint density at radius 3 is 2.40 bits per heavy atom. The van der Waals surface area contributed by atoms with Gasteiger partial charge in [0.1, 0.15) is 0 Å². The molecule has 6 heteroatoms. The zero-order chi connectivity index (χ0) is 15.0. The minimum absolute atomic E-state index is 0.341. The zero-order valence-corrected chi connectivity index (χ0v) is 12.5. The Hall–Kier alpha value is -1.37. The number of nitrogens with zero attached hydrogens (tertiary/aromatic N) is 1. The second kappa shape index (κ2) is 5.20. The molecular weight excluding hydrogens is 253 g/mol. The fourth-order valence-electron chi connectivity index (χ4n) is 1.95. The van der Waals surface area contributed by atoms with Gasteiger partial charge in [-0.25, -0.2) is 0 Å². The summed E-state index contributed by atoms with van der Waals surface area (Å²) in [6.07, 6.45) is 3.54. The largest absolute Gasteiger partial charge is 0.491 e. The van der Waals surface area contributed by atoms with Crippen molar-refractivity contribution in [2.24, 2.45) is 5.73 Å². The fourth-order valence-corrected chi connectivity index (χ4v) is 1.95. The molecule has 1 aliphatic rings. The van der Waals surface area contributed by atoms with E-state index in [4.69, 9.17) is 20.8 Å². The van der Waals surface area contributed by atoms with Gasteiger partial charge in [0, 0.05) is 18.4 Å². The first kappa shape index (κ1) is 15.0. The topological polar surface area (TPSA) is 83.4 Å². The molecule has 20 heavy (non-hydrogen) atoms. The third-order valence-electron chi connectivity index (χ3n) is 3.93. The van der Waals surface area contributed by atoms with E-state index < -0.39 is 7.12 Å². The van der Waals surface area contributed by atoms with E-state index in [0.717, 1.165) is 11.2 Å². The molecule has 0 amide bonds. The molecule has 0 spiro atoms. The van der Waals surface area contributed by atoms with Crippen LogP contribution in [0, 0.1) is 0 Å². The fraction of sp³-hybridized carbons (Fsp3) is 0.500. The maximum absolute atomic E-state index is 5.99. The second-order valence-corrected chi connectivity index (χ2v) is 6.03. The van der Waals surface area contributed by atoms with Crippen LogP contribution in [0.5, 0.6) is 0 Å². The Morgan fingerprint density at radius 1 is 1.30 bits per heavy atom. The lowest BCUT2D eigenvalue weighted by Gasteiger charge is -2.32. The van der Waals surface area contributed by atoms with Crippen LogP contribution in [-0.2, 0) is 9.31 Å². The smallest absolute Gasteiger partial charge is 0.400 e. The summed E-state index contributed by atoms with van der Waals surface area (Å²) in [5.74, 6) is 0. The van der Waals surface area contributed by atoms with Gasteiger partial charge in [-0.3, -0.25) is 4.98 Å². The van der Waals surface area contributed by atoms with E-state index in [9.17, 15) is 0 Å². The Labute approximate surface area is 120 Å². The normalized spacial score (nSPS) is 21.2. The third-order valence-corrected chi connectivity index (χ3v) is 3.93. The van der Waals surface area contributed by atoms with Crippen molar-refractivity contribution in [1.29, 1.82) is 0 Å². The molecule has 1 saturated heterocycles. The summed E-state index contributed by atoms with van der Waals surface area (Å²) in [4.78, 5) is 4.25. The van der Waals surface area contributed by atoms with Crippen LogP contribution >= 0.6 is 0 Å². The van der Waals surface area contributed by atoms with Gasteiger partial charge in [-0.15, -0.1) is 0 Å². The molecule has 5 nitrogen and oxygen atoms in total. The SMILES string of the molecule is CC1(C)OB(C(=Cc2cc(N)ccn2)CN)OC1(C)C. The molecule has 108 valence electrons. The highest BCUT2D eigenvalue weighted by Gasteiger charge is 2.52. The Bertz CT molecular complexity index is 513. The molecule has 0 radical (unpaired) electrons. The highest BCUT2D eigenvalue weighted by molar-refractivity contribution is 6.55.